The Bertz CT molecular complexity index is 792. The van der Waals surface area contributed by atoms with Gasteiger partial charge in [-0.15, -0.1) is 0 Å². The number of methoxy groups -OCH3 is 1. The number of nitrogens with one attached hydrogen (secondary N) is 1. The van der Waals surface area contributed by atoms with Gasteiger partial charge in [0.25, 0.3) is 5.56 Å². The highest BCUT2D eigenvalue weighted by Gasteiger charge is 2.17. The Balaban J connectivity index is 2.64. The smallest absolute Gasteiger partial charge is 0.331 e. The first kappa shape index (κ1) is 14.9. The van der Waals surface area contributed by atoms with E-state index < -0.39 is 29.6 Å². The van der Waals surface area contributed by atoms with Crippen molar-refractivity contribution in [2.75, 3.05) is 7.11 Å². The summed E-state index contributed by atoms with van der Waals surface area (Å²) in [7, 11) is 1.15. The van der Waals surface area contributed by atoms with Crippen LogP contribution in [0.2, 0.25) is 5.02 Å². The second kappa shape index (κ2) is 5.84. The number of aromatic nitrogens is 2. The number of esters is 1. The molecule has 0 atom stereocenters. The Hall–Kier alpha value is -2.54. The van der Waals surface area contributed by atoms with E-state index in [4.69, 9.17) is 11.6 Å². The minimum absolute atomic E-state index is 0.129. The second-order valence-electron chi connectivity index (χ2n) is 4.13. The predicted octanol–water partition coefficient (Wildman–Crippen LogP) is 0.736. The van der Waals surface area contributed by atoms with Crippen LogP contribution in [0.15, 0.2) is 33.9 Å². The maximum Gasteiger partial charge on any atom is 0.331 e. The number of H-pyrrole nitrogens is 1. The van der Waals surface area contributed by atoms with Gasteiger partial charge in [0, 0.05) is 5.02 Å². The van der Waals surface area contributed by atoms with Crippen LogP contribution in [0.4, 0.5) is 0 Å². The fraction of sp³-hybridized carbons (Fsp3) is 0.154. The lowest BCUT2D eigenvalue weighted by Gasteiger charge is -2.10. The van der Waals surface area contributed by atoms with Crippen molar-refractivity contribution in [1.29, 1.82) is 0 Å². The molecule has 0 saturated carbocycles. The molecule has 0 saturated heterocycles. The van der Waals surface area contributed by atoms with Crippen LogP contribution in [0, 0.1) is 0 Å². The van der Waals surface area contributed by atoms with Gasteiger partial charge in [-0.3, -0.25) is 19.1 Å². The van der Waals surface area contributed by atoms with Crippen molar-refractivity contribution in [2.45, 2.75) is 6.54 Å². The molecule has 0 aliphatic carbocycles. The maximum absolute atomic E-state index is 11.9. The van der Waals surface area contributed by atoms with Crippen LogP contribution in [-0.4, -0.2) is 27.7 Å². The zero-order valence-electron chi connectivity index (χ0n) is 10.9. The molecule has 7 nitrogen and oxygen atoms in total. The van der Waals surface area contributed by atoms with E-state index in [1.807, 2.05) is 4.98 Å². The molecule has 1 heterocycles. The molecule has 0 amide bonds. The number of halogens is 1. The fourth-order valence-electron chi connectivity index (χ4n) is 1.78. The number of nitrogens with zero attached hydrogens (tertiary/aromatic N) is 1. The largest absolute Gasteiger partial charge is 0.494 e. The molecule has 0 aliphatic rings. The van der Waals surface area contributed by atoms with Gasteiger partial charge in [-0.1, -0.05) is 23.7 Å². The number of ether oxygens (including phenoxy) is 1. The molecule has 2 aromatic rings. The van der Waals surface area contributed by atoms with E-state index in [1.54, 1.807) is 0 Å². The first-order valence-electron chi connectivity index (χ1n) is 5.83. The Kier molecular flexibility index (Phi) is 4.13. The summed E-state index contributed by atoms with van der Waals surface area (Å²) in [6, 6.07) is 6.09. The van der Waals surface area contributed by atoms with Crippen LogP contribution in [-0.2, 0) is 16.1 Å². The van der Waals surface area contributed by atoms with Gasteiger partial charge in [-0.2, -0.15) is 0 Å². The molecule has 8 heteroatoms. The summed E-state index contributed by atoms with van der Waals surface area (Å²) < 4.78 is 5.16. The molecular formula is C13H11ClN2O5. The van der Waals surface area contributed by atoms with E-state index in [9.17, 15) is 19.5 Å². The first-order valence-corrected chi connectivity index (χ1v) is 6.20. The number of aromatic amines is 1. The standard InChI is InChI=1S/C13H11ClN2O5/c1-21-9(17)6-16-12(19)10(11(18)15-13(16)20)7-2-4-8(14)5-3-7/h2-5,19H,6H2,1H3,(H,15,18,20). The van der Waals surface area contributed by atoms with Crippen molar-refractivity contribution < 1.29 is 14.6 Å². The molecule has 0 radical (unpaired) electrons. The van der Waals surface area contributed by atoms with Gasteiger partial charge < -0.3 is 9.84 Å². The summed E-state index contributed by atoms with van der Waals surface area (Å²) in [6.45, 7) is -0.515. The maximum atomic E-state index is 11.9. The second-order valence-corrected chi connectivity index (χ2v) is 4.56. The minimum atomic E-state index is -0.902. The lowest BCUT2D eigenvalue weighted by molar-refractivity contribution is -0.141. The summed E-state index contributed by atoms with van der Waals surface area (Å²) >= 11 is 5.76. The van der Waals surface area contributed by atoms with Crippen molar-refractivity contribution in [3.8, 4) is 17.0 Å². The molecule has 0 bridgehead atoms. The number of carbonyl (C=O) groups is 1. The molecule has 110 valence electrons. The molecule has 1 aromatic carbocycles. The number of benzene rings is 1. The van der Waals surface area contributed by atoms with Crippen LogP contribution >= 0.6 is 11.6 Å². The lowest BCUT2D eigenvalue weighted by Crippen LogP contribution is -2.33. The molecule has 2 rings (SSSR count). The van der Waals surface area contributed by atoms with Gasteiger partial charge in [0.2, 0.25) is 5.88 Å². The SMILES string of the molecule is COC(=O)Cn1c(O)c(-c2ccc(Cl)cc2)c(=O)[nH]c1=O. The van der Waals surface area contributed by atoms with Crippen molar-refractivity contribution in [1.82, 2.24) is 9.55 Å². The third-order valence-corrected chi connectivity index (χ3v) is 3.07. The Morgan fingerprint density at radius 1 is 1.33 bits per heavy atom. The van der Waals surface area contributed by atoms with Crippen molar-refractivity contribution in [3.63, 3.8) is 0 Å². The number of rotatable bonds is 3. The van der Waals surface area contributed by atoms with E-state index in [0.717, 1.165) is 11.7 Å². The monoisotopic (exact) mass is 310 g/mol. The molecule has 2 N–H and O–H groups in total. The summed E-state index contributed by atoms with van der Waals surface area (Å²) in [5.74, 6) is -1.35. The number of aromatic hydroxyl groups is 1. The van der Waals surface area contributed by atoms with Gasteiger partial charge in [0.15, 0.2) is 0 Å². The topological polar surface area (TPSA) is 101 Å². The minimum Gasteiger partial charge on any atom is -0.494 e. The summed E-state index contributed by atoms with van der Waals surface area (Å²) in [6.07, 6.45) is 0. The summed E-state index contributed by atoms with van der Waals surface area (Å²) in [5, 5.41) is 10.6. The van der Waals surface area contributed by atoms with Crippen molar-refractivity contribution >= 4 is 17.6 Å². The van der Waals surface area contributed by atoms with E-state index >= 15 is 0 Å². The highest BCUT2D eigenvalue weighted by molar-refractivity contribution is 6.30. The van der Waals surface area contributed by atoms with Crippen LogP contribution in [0.5, 0.6) is 5.88 Å². The molecule has 0 unspecified atom stereocenters. The van der Waals surface area contributed by atoms with Gasteiger partial charge in [-0.25, -0.2) is 4.79 Å². The van der Waals surface area contributed by atoms with Crippen LogP contribution < -0.4 is 11.2 Å². The average molecular weight is 311 g/mol. The Morgan fingerprint density at radius 3 is 2.52 bits per heavy atom. The summed E-state index contributed by atoms with van der Waals surface area (Å²) in [4.78, 5) is 36.8. The summed E-state index contributed by atoms with van der Waals surface area (Å²) in [5.41, 5.74) is -1.44. The number of hydrogen-bond donors (Lipinski definition) is 2. The lowest BCUT2D eigenvalue weighted by atomic mass is 10.1. The van der Waals surface area contributed by atoms with Gasteiger partial charge >= 0.3 is 11.7 Å². The molecule has 0 aliphatic heterocycles. The van der Waals surface area contributed by atoms with Gasteiger partial charge in [0.05, 0.1) is 7.11 Å². The van der Waals surface area contributed by atoms with E-state index in [0.29, 0.717) is 10.6 Å². The third-order valence-electron chi connectivity index (χ3n) is 2.82. The highest BCUT2D eigenvalue weighted by Crippen LogP contribution is 2.25. The highest BCUT2D eigenvalue weighted by atomic mass is 35.5. The van der Waals surface area contributed by atoms with E-state index in [-0.39, 0.29) is 5.56 Å². The van der Waals surface area contributed by atoms with Crippen molar-refractivity contribution in [3.05, 3.63) is 50.1 Å². The Morgan fingerprint density at radius 2 is 1.95 bits per heavy atom. The van der Waals surface area contributed by atoms with Crippen LogP contribution in [0.25, 0.3) is 11.1 Å². The predicted molar refractivity (Wildman–Crippen MR) is 75.4 cm³/mol. The van der Waals surface area contributed by atoms with E-state index in [1.165, 1.54) is 24.3 Å². The van der Waals surface area contributed by atoms with Gasteiger partial charge in [0.1, 0.15) is 12.1 Å². The number of carbonyl (C=O) groups excluding carboxylic acids is 1. The molecule has 21 heavy (non-hydrogen) atoms. The fourth-order valence-corrected chi connectivity index (χ4v) is 1.90. The van der Waals surface area contributed by atoms with Crippen LogP contribution in [0.1, 0.15) is 0 Å². The Labute approximate surface area is 123 Å². The molecule has 1 aromatic heterocycles. The van der Waals surface area contributed by atoms with Crippen molar-refractivity contribution in [2.24, 2.45) is 0 Å². The third kappa shape index (κ3) is 2.97. The number of hydrogen-bond acceptors (Lipinski definition) is 5. The molecule has 0 fully saturated rings. The molecular weight excluding hydrogens is 300 g/mol. The zero-order chi connectivity index (χ0) is 15.6. The average Bonchev–Trinajstić information content (AvgIpc) is 2.45. The van der Waals surface area contributed by atoms with Crippen LogP contribution in [0.3, 0.4) is 0 Å². The van der Waals surface area contributed by atoms with Gasteiger partial charge in [-0.05, 0) is 17.7 Å². The zero-order valence-corrected chi connectivity index (χ0v) is 11.7. The first-order chi connectivity index (χ1) is 9.93. The normalized spacial score (nSPS) is 10.4. The van der Waals surface area contributed by atoms with E-state index in [2.05, 4.69) is 4.74 Å². The quantitative estimate of drug-likeness (QED) is 0.814. The molecule has 0 spiro atoms.